The van der Waals surface area contributed by atoms with E-state index in [0.29, 0.717) is 28.2 Å². The summed E-state index contributed by atoms with van der Waals surface area (Å²) in [6.45, 7) is 9.25. The molecule has 0 spiro atoms. The van der Waals surface area contributed by atoms with Crippen molar-refractivity contribution >= 4 is 45.7 Å². The van der Waals surface area contributed by atoms with E-state index in [4.69, 9.17) is 16.3 Å². The largest absolute Gasteiger partial charge is 0.366 e. The maximum Gasteiger partial charge on any atom is 0.251 e. The molecule has 40 heavy (non-hydrogen) atoms. The van der Waals surface area contributed by atoms with Crippen molar-refractivity contribution in [3.63, 3.8) is 0 Å². The van der Waals surface area contributed by atoms with E-state index >= 15 is 0 Å². The van der Waals surface area contributed by atoms with Gasteiger partial charge in [0, 0.05) is 43.9 Å². The van der Waals surface area contributed by atoms with Crippen molar-refractivity contribution in [3.8, 4) is 11.3 Å². The van der Waals surface area contributed by atoms with E-state index < -0.39 is 29.5 Å². The number of halogens is 2. The molecule has 2 amide bonds. The van der Waals surface area contributed by atoms with Crippen LogP contribution < -0.4 is 10.2 Å². The number of benzene rings is 1. The third-order valence-electron chi connectivity index (χ3n) is 7.81. The number of Topliss-reactive ketones (excluding diaryl/α,β-unsaturated/α-hetero) is 1. The smallest absolute Gasteiger partial charge is 0.251 e. The Balaban J connectivity index is 1.32. The van der Waals surface area contributed by atoms with Crippen LogP contribution in [0.2, 0.25) is 0 Å². The van der Waals surface area contributed by atoms with Crippen LogP contribution in [0.4, 0.5) is 9.52 Å². The number of amides is 2. The van der Waals surface area contributed by atoms with E-state index in [2.05, 4.69) is 27.1 Å². The summed E-state index contributed by atoms with van der Waals surface area (Å²) in [5, 5.41) is 2.70. The molecular formula is C28H35ClFN5O4S. The number of alkyl halides is 1. The van der Waals surface area contributed by atoms with Gasteiger partial charge in [-0.05, 0) is 44.0 Å². The number of rotatable bonds is 7. The fourth-order valence-electron chi connectivity index (χ4n) is 5.62. The van der Waals surface area contributed by atoms with Gasteiger partial charge in [-0.1, -0.05) is 31.3 Å². The summed E-state index contributed by atoms with van der Waals surface area (Å²) in [6, 6.07) is 3.47. The standard InChI is InChI=1S/C28H35ClFN5O4S/c1-15(2)11-20(27(38)35-13-19(29)24-23(35)21(36)14-39-24)31-26(37)17-5-6-18(16(3)12-17)22-25(30)40-28(32-22)34-9-7-33(4)8-10-34/h5-6,12,15,19-20,23-24H,7-11,13-14H2,1-4H3,(H,31,37). The topological polar surface area (TPSA) is 95.1 Å². The third kappa shape index (κ3) is 5.74. The Morgan fingerprint density at radius 1 is 1.25 bits per heavy atom. The van der Waals surface area contributed by atoms with E-state index in [1.54, 1.807) is 18.2 Å². The summed E-state index contributed by atoms with van der Waals surface area (Å²) in [5.74, 6) is -0.820. The molecule has 5 rings (SSSR count). The van der Waals surface area contributed by atoms with Crippen molar-refractivity contribution in [3.05, 3.63) is 34.5 Å². The van der Waals surface area contributed by atoms with Crippen molar-refractivity contribution in [2.24, 2.45) is 5.92 Å². The van der Waals surface area contributed by atoms with Crippen LogP contribution in [-0.4, -0.2) is 102 Å². The number of nitrogens with zero attached hydrogens (tertiary/aromatic N) is 4. The van der Waals surface area contributed by atoms with Gasteiger partial charge in [0.25, 0.3) is 5.91 Å². The monoisotopic (exact) mass is 591 g/mol. The first-order chi connectivity index (χ1) is 19.0. The second-order valence-electron chi connectivity index (χ2n) is 11.3. The first kappa shape index (κ1) is 28.9. The number of hydrogen-bond donors (Lipinski definition) is 1. The Morgan fingerprint density at radius 2 is 1.98 bits per heavy atom. The lowest BCUT2D eigenvalue weighted by atomic mass is 10.00. The number of likely N-dealkylation sites (tertiary alicyclic amines) is 1. The Hall–Kier alpha value is -2.60. The minimum atomic E-state index is -0.828. The van der Waals surface area contributed by atoms with Gasteiger partial charge in [-0.25, -0.2) is 4.98 Å². The second kappa shape index (κ2) is 11.7. The average molecular weight is 592 g/mol. The molecule has 3 fully saturated rings. The molecule has 2 aromatic rings. The van der Waals surface area contributed by atoms with Gasteiger partial charge in [-0.15, -0.1) is 11.6 Å². The molecule has 216 valence electrons. The molecule has 4 unspecified atom stereocenters. The van der Waals surface area contributed by atoms with E-state index in [-0.39, 0.29) is 41.6 Å². The number of nitrogens with one attached hydrogen (secondary N) is 1. The van der Waals surface area contributed by atoms with Crippen LogP contribution in [-0.2, 0) is 14.3 Å². The number of aromatic nitrogens is 1. The van der Waals surface area contributed by atoms with E-state index in [9.17, 15) is 18.8 Å². The van der Waals surface area contributed by atoms with E-state index in [1.165, 1.54) is 4.90 Å². The summed E-state index contributed by atoms with van der Waals surface area (Å²) in [5.41, 5.74) is 1.96. The number of piperazine rings is 1. The minimum absolute atomic E-state index is 0.0639. The van der Waals surface area contributed by atoms with E-state index in [0.717, 1.165) is 37.5 Å². The summed E-state index contributed by atoms with van der Waals surface area (Å²) in [7, 11) is 2.07. The highest BCUT2D eigenvalue weighted by Gasteiger charge is 2.52. The maximum atomic E-state index is 15.0. The predicted octanol–water partition coefficient (Wildman–Crippen LogP) is 2.94. The van der Waals surface area contributed by atoms with Gasteiger partial charge in [0.15, 0.2) is 10.9 Å². The van der Waals surface area contributed by atoms with Gasteiger partial charge in [-0.2, -0.15) is 4.39 Å². The van der Waals surface area contributed by atoms with Crippen molar-refractivity contribution in [2.75, 3.05) is 51.3 Å². The van der Waals surface area contributed by atoms with Gasteiger partial charge in [0.2, 0.25) is 11.0 Å². The fraction of sp³-hybridized carbons (Fsp3) is 0.571. The van der Waals surface area contributed by atoms with Crippen LogP contribution in [0.3, 0.4) is 0 Å². The molecule has 0 saturated carbocycles. The molecule has 0 radical (unpaired) electrons. The van der Waals surface area contributed by atoms with E-state index in [1.807, 2.05) is 20.8 Å². The molecule has 3 saturated heterocycles. The quantitative estimate of drug-likeness (QED) is 0.495. The zero-order chi connectivity index (χ0) is 28.7. The highest BCUT2D eigenvalue weighted by Crippen LogP contribution is 2.34. The Kier molecular flexibility index (Phi) is 8.47. The molecule has 4 atom stereocenters. The number of carbonyl (C=O) groups excluding carboxylic acids is 3. The van der Waals surface area contributed by atoms with Crippen LogP contribution in [0.5, 0.6) is 0 Å². The summed E-state index contributed by atoms with van der Waals surface area (Å²) in [4.78, 5) is 49.7. The van der Waals surface area contributed by atoms with Crippen molar-refractivity contribution in [2.45, 2.75) is 50.8 Å². The zero-order valence-electron chi connectivity index (χ0n) is 23.2. The number of likely N-dealkylation sites (N-methyl/N-ethyl adjacent to an activating group) is 1. The number of ketones is 1. The molecular weight excluding hydrogens is 557 g/mol. The lowest BCUT2D eigenvalue weighted by Gasteiger charge is -2.31. The molecule has 1 N–H and O–H groups in total. The Labute approximate surface area is 242 Å². The van der Waals surface area contributed by atoms with Gasteiger partial charge >= 0.3 is 0 Å². The van der Waals surface area contributed by atoms with Crippen LogP contribution in [0.25, 0.3) is 11.3 Å². The van der Waals surface area contributed by atoms with Crippen LogP contribution >= 0.6 is 22.9 Å². The van der Waals surface area contributed by atoms with Crippen LogP contribution in [0.15, 0.2) is 18.2 Å². The van der Waals surface area contributed by atoms with Crippen molar-refractivity contribution in [1.29, 1.82) is 0 Å². The summed E-state index contributed by atoms with van der Waals surface area (Å²) < 4.78 is 20.5. The zero-order valence-corrected chi connectivity index (χ0v) is 24.7. The molecule has 3 aliphatic heterocycles. The van der Waals surface area contributed by atoms with Crippen LogP contribution in [0, 0.1) is 18.0 Å². The molecule has 3 aliphatic rings. The first-order valence-corrected chi connectivity index (χ1v) is 14.9. The Morgan fingerprint density at radius 3 is 2.65 bits per heavy atom. The minimum Gasteiger partial charge on any atom is -0.366 e. The molecule has 0 aliphatic carbocycles. The predicted molar refractivity (Wildman–Crippen MR) is 153 cm³/mol. The van der Waals surface area contributed by atoms with Gasteiger partial charge in [0.1, 0.15) is 30.5 Å². The number of aryl methyl sites for hydroxylation is 1. The van der Waals surface area contributed by atoms with Gasteiger partial charge in [-0.3, -0.25) is 14.4 Å². The van der Waals surface area contributed by atoms with Gasteiger partial charge in [0.05, 0.1) is 5.38 Å². The van der Waals surface area contributed by atoms with Crippen molar-refractivity contribution in [1.82, 2.24) is 20.1 Å². The second-order valence-corrected chi connectivity index (χ2v) is 12.8. The molecule has 12 heteroatoms. The van der Waals surface area contributed by atoms with Gasteiger partial charge < -0.3 is 24.8 Å². The number of hydrogen-bond acceptors (Lipinski definition) is 8. The highest BCUT2D eigenvalue weighted by molar-refractivity contribution is 7.14. The van der Waals surface area contributed by atoms with Crippen LogP contribution in [0.1, 0.15) is 36.2 Å². The lowest BCUT2D eigenvalue weighted by molar-refractivity contribution is -0.138. The average Bonchev–Trinajstić information content (AvgIpc) is 3.58. The number of thiazole rings is 1. The normalized spacial score (nSPS) is 24.1. The highest BCUT2D eigenvalue weighted by atomic mass is 35.5. The molecule has 4 heterocycles. The third-order valence-corrected chi connectivity index (χ3v) is 9.10. The number of ether oxygens (including phenoxy) is 1. The molecule has 0 bridgehead atoms. The molecule has 1 aromatic heterocycles. The fourth-order valence-corrected chi connectivity index (χ4v) is 6.84. The number of carbonyl (C=O) groups is 3. The van der Waals surface area contributed by atoms with Crippen molar-refractivity contribution < 1.29 is 23.5 Å². The number of anilines is 1. The Bertz CT molecular complexity index is 1300. The summed E-state index contributed by atoms with van der Waals surface area (Å²) in [6.07, 6.45) is -0.122. The SMILES string of the molecule is Cc1cc(C(=O)NC(CC(C)C)C(=O)N2CC(Cl)C3OCC(=O)C32)ccc1-c1nc(N2CCN(C)CC2)sc1F. The molecule has 9 nitrogen and oxygen atoms in total. The first-order valence-electron chi connectivity index (χ1n) is 13.6. The number of fused-ring (bicyclic) bond motifs is 1. The summed E-state index contributed by atoms with van der Waals surface area (Å²) >= 11 is 7.42. The maximum absolute atomic E-state index is 15.0. The molecule has 1 aromatic carbocycles. The lowest BCUT2D eigenvalue weighted by Crippen LogP contribution is -2.52.